The topological polar surface area (TPSA) is 163 Å². The number of imidazole rings is 2. The SMILES string of the molecule is COC(=O)C[C@H](C(=O)N1CC2CC2C1c1nc2ccc(-c3ccc(-c4ccc5nc(C6C7CC7CN6C(=O)[C@@H](NC(=O)OC)C(C)C)[nH]c5c4)cc3)cc2[nH]1)C(C)C. The fourth-order valence-electron chi connectivity index (χ4n) is 9.60. The fraction of sp³-hybridized carbons (Fsp3) is 0.467. The molecule has 3 N–H and O–H groups in total. The average molecular weight is 786 g/mol. The van der Waals surface area contributed by atoms with Crippen molar-refractivity contribution in [2.45, 2.75) is 65.1 Å². The van der Waals surface area contributed by atoms with Crippen LogP contribution in [0.5, 0.6) is 0 Å². The smallest absolute Gasteiger partial charge is 0.407 e. The number of alkyl carbamates (subject to hydrolysis) is 1. The summed E-state index contributed by atoms with van der Waals surface area (Å²) in [6.07, 6.45) is 1.61. The molecule has 2 aliphatic carbocycles. The highest BCUT2D eigenvalue weighted by Gasteiger charge is 2.57. The van der Waals surface area contributed by atoms with Crippen LogP contribution in [-0.4, -0.2) is 87.0 Å². The Morgan fingerprint density at radius 2 is 1.17 bits per heavy atom. The van der Waals surface area contributed by atoms with Crippen LogP contribution in [0.4, 0.5) is 4.79 Å². The van der Waals surface area contributed by atoms with Crippen molar-refractivity contribution in [2.24, 2.45) is 41.4 Å². The normalized spacial score (nSPS) is 24.2. The van der Waals surface area contributed by atoms with E-state index in [0.717, 1.165) is 68.8 Å². The summed E-state index contributed by atoms with van der Waals surface area (Å²) >= 11 is 0. The lowest BCUT2D eigenvalue weighted by Crippen LogP contribution is -2.51. The summed E-state index contributed by atoms with van der Waals surface area (Å²) in [5, 5.41) is 2.74. The molecule has 13 nitrogen and oxygen atoms in total. The predicted octanol–water partition coefficient (Wildman–Crippen LogP) is 7.03. The molecule has 4 fully saturated rings. The van der Waals surface area contributed by atoms with Crippen LogP contribution in [0.15, 0.2) is 60.7 Å². The van der Waals surface area contributed by atoms with Crippen molar-refractivity contribution in [3.63, 3.8) is 0 Å². The number of amides is 3. The van der Waals surface area contributed by atoms with E-state index in [9.17, 15) is 19.2 Å². The number of aromatic amines is 2. The monoisotopic (exact) mass is 785 g/mol. The van der Waals surface area contributed by atoms with Crippen molar-refractivity contribution in [1.29, 1.82) is 0 Å². The minimum absolute atomic E-state index is 0.000866. The third kappa shape index (κ3) is 6.77. The summed E-state index contributed by atoms with van der Waals surface area (Å²) in [5.41, 5.74) is 7.77. The van der Waals surface area contributed by atoms with Gasteiger partial charge in [-0.1, -0.05) is 64.1 Å². The summed E-state index contributed by atoms with van der Waals surface area (Å²) < 4.78 is 9.72. The first-order chi connectivity index (χ1) is 27.9. The Hall–Kier alpha value is -5.72. The van der Waals surface area contributed by atoms with Crippen LogP contribution in [0.25, 0.3) is 44.3 Å². The lowest BCUT2D eigenvalue weighted by atomic mass is 9.90. The van der Waals surface area contributed by atoms with E-state index < -0.39 is 18.1 Å². The predicted molar refractivity (Wildman–Crippen MR) is 218 cm³/mol. The zero-order chi connectivity index (χ0) is 40.6. The Kier molecular flexibility index (Phi) is 9.51. The number of esters is 1. The molecule has 13 heteroatoms. The van der Waals surface area contributed by atoms with Gasteiger partial charge in [0.1, 0.15) is 17.7 Å². The molecule has 6 unspecified atom stereocenters. The van der Waals surface area contributed by atoms with Crippen LogP contribution in [0.3, 0.4) is 0 Å². The fourth-order valence-corrected chi connectivity index (χ4v) is 9.60. The number of fused-ring (bicyclic) bond motifs is 4. The molecular weight excluding hydrogens is 735 g/mol. The number of likely N-dealkylation sites (tertiary alicyclic amines) is 2. The number of benzene rings is 3. The van der Waals surface area contributed by atoms with Crippen molar-refractivity contribution >= 4 is 45.9 Å². The maximum atomic E-state index is 13.9. The average Bonchev–Trinajstić information content (AvgIpc) is 3.89. The number of carbonyl (C=O) groups is 4. The first-order valence-electron chi connectivity index (χ1n) is 20.5. The summed E-state index contributed by atoms with van der Waals surface area (Å²) in [6.45, 7) is 9.16. The number of hydrogen-bond donors (Lipinski definition) is 3. The zero-order valence-corrected chi connectivity index (χ0v) is 33.8. The maximum Gasteiger partial charge on any atom is 0.407 e. The van der Waals surface area contributed by atoms with Gasteiger partial charge in [-0.05, 0) is 94.9 Å². The lowest BCUT2D eigenvalue weighted by Gasteiger charge is -2.31. The van der Waals surface area contributed by atoms with E-state index in [1.165, 1.54) is 14.2 Å². The maximum absolute atomic E-state index is 13.9. The van der Waals surface area contributed by atoms with Crippen molar-refractivity contribution in [3.8, 4) is 22.3 Å². The molecule has 2 saturated heterocycles. The van der Waals surface area contributed by atoms with E-state index in [2.05, 4.69) is 63.8 Å². The van der Waals surface area contributed by atoms with Crippen molar-refractivity contribution in [1.82, 2.24) is 35.1 Å². The molecule has 5 aromatic rings. The molecule has 0 spiro atoms. The summed E-state index contributed by atoms with van der Waals surface area (Å²) in [4.78, 5) is 72.8. The van der Waals surface area contributed by atoms with Crippen LogP contribution < -0.4 is 5.32 Å². The molecule has 0 bridgehead atoms. The third-order valence-electron chi connectivity index (χ3n) is 13.1. The first kappa shape index (κ1) is 37.8. The van der Waals surface area contributed by atoms with E-state index >= 15 is 0 Å². The second kappa shape index (κ2) is 14.6. The minimum atomic E-state index is -0.681. The molecule has 3 amide bonds. The highest BCUT2D eigenvalue weighted by molar-refractivity contribution is 5.88. The Balaban J connectivity index is 0.921. The second-order valence-electron chi connectivity index (χ2n) is 17.5. The van der Waals surface area contributed by atoms with Crippen LogP contribution in [0.1, 0.15) is 70.7 Å². The van der Waals surface area contributed by atoms with Gasteiger partial charge in [0.05, 0.1) is 60.7 Å². The van der Waals surface area contributed by atoms with Gasteiger partial charge in [-0.3, -0.25) is 14.4 Å². The van der Waals surface area contributed by atoms with Gasteiger partial charge in [0, 0.05) is 13.1 Å². The molecule has 0 radical (unpaired) electrons. The van der Waals surface area contributed by atoms with Gasteiger partial charge in [0.25, 0.3) is 0 Å². The molecule has 4 aliphatic rings. The van der Waals surface area contributed by atoms with Gasteiger partial charge in [-0.2, -0.15) is 0 Å². The van der Waals surface area contributed by atoms with Crippen LogP contribution in [0.2, 0.25) is 0 Å². The summed E-state index contributed by atoms with van der Waals surface area (Å²) in [7, 11) is 2.67. The molecule has 2 aromatic heterocycles. The number of piperidine rings is 2. The van der Waals surface area contributed by atoms with Crippen molar-refractivity contribution < 1.29 is 28.7 Å². The number of aromatic nitrogens is 4. The number of nitrogens with zero attached hydrogens (tertiary/aromatic N) is 4. The number of nitrogens with one attached hydrogen (secondary N) is 3. The first-order valence-corrected chi connectivity index (χ1v) is 20.5. The molecule has 302 valence electrons. The van der Waals surface area contributed by atoms with E-state index in [0.29, 0.717) is 36.8 Å². The molecule has 2 aliphatic heterocycles. The van der Waals surface area contributed by atoms with Gasteiger partial charge in [0.2, 0.25) is 11.8 Å². The van der Waals surface area contributed by atoms with E-state index in [1.807, 2.05) is 49.6 Å². The summed E-state index contributed by atoms with van der Waals surface area (Å²) in [5.74, 6) is 2.23. The van der Waals surface area contributed by atoms with Gasteiger partial charge in [-0.25, -0.2) is 14.8 Å². The Labute approximate surface area is 337 Å². The standard InChI is InChI=1S/C45H51N7O6/c1-22(2)30(19-37(53)57-5)43(54)51-20-28-15-31(28)39(51)41-46-33-13-11-26(17-35(33)48-41)24-7-9-25(10-8-24)27-12-14-34-36(18-27)49-42(47-34)40-32-16-29(32)21-52(40)44(55)38(23(3)4)50-45(56)58-6/h7-14,17-18,22-23,28-32,38-40H,15-16,19-21H2,1-6H3,(H,46,48)(H,47,49)(H,50,56)/t28?,29?,30-,31?,32?,38-,39?,40?/m0/s1. The van der Waals surface area contributed by atoms with Crippen LogP contribution >= 0.6 is 0 Å². The molecule has 9 rings (SSSR count). The van der Waals surface area contributed by atoms with Gasteiger partial charge in [0.15, 0.2) is 0 Å². The van der Waals surface area contributed by atoms with E-state index in [1.54, 1.807) is 0 Å². The van der Waals surface area contributed by atoms with E-state index in [-0.39, 0.29) is 48.1 Å². The van der Waals surface area contributed by atoms with Crippen molar-refractivity contribution in [2.75, 3.05) is 27.3 Å². The third-order valence-corrected chi connectivity index (χ3v) is 13.1. The molecular formula is C45H51N7O6. The number of hydrogen-bond acceptors (Lipinski definition) is 8. The molecule has 4 heterocycles. The van der Waals surface area contributed by atoms with Gasteiger partial charge >= 0.3 is 12.1 Å². The Morgan fingerprint density at radius 1 is 0.690 bits per heavy atom. The quantitative estimate of drug-likeness (QED) is 0.120. The van der Waals surface area contributed by atoms with Crippen LogP contribution in [0, 0.1) is 41.4 Å². The second-order valence-corrected chi connectivity index (χ2v) is 17.5. The molecule has 8 atom stereocenters. The highest BCUT2D eigenvalue weighted by Crippen LogP contribution is 2.57. The van der Waals surface area contributed by atoms with Gasteiger partial charge in [-0.15, -0.1) is 0 Å². The molecule has 3 aromatic carbocycles. The molecule has 2 saturated carbocycles. The van der Waals surface area contributed by atoms with Crippen molar-refractivity contribution in [3.05, 3.63) is 72.3 Å². The molecule has 58 heavy (non-hydrogen) atoms. The lowest BCUT2D eigenvalue weighted by molar-refractivity contribution is -0.149. The largest absolute Gasteiger partial charge is 0.469 e. The van der Waals surface area contributed by atoms with Crippen LogP contribution in [-0.2, 0) is 23.9 Å². The Morgan fingerprint density at radius 3 is 1.62 bits per heavy atom. The number of rotatable bonds is 11. The summed E-state index contributed by atoms with van der Waals surface area (Å²) in [6, 6.07) is 20.0. The number of ether oxygens (including phenoxy) is 2. The van der Waals surface area contributed by atoms with Gasteiger partial charge < -0.3 is 34.6 Å². The zero-order valence-electron chi connectivity index (χ0n) is 33.8. The minimum Gasteiger partial charge on any atom is -0.469 e. The van der Waals surface area contributed by atoms with E-state index in [4.69, 9.17) is 19.4 Å². The number of methoxy groups -OCH3 is 2. The number of carbonyl (C=O) groups excluding carboxylic acids is 4. The Bertz CT molecular complexity index is 2250. The number of H-pyrrole nitrogens is 2. The highest BCUT2D eigenvalue weighted by atomic mass is 16.5.